The summed E-state index contributed by atoms with van der Waals surface area (Å²) in [5, 5.41) is 8.61. The fourth-order valence-electron chi connectivity index (χ4n) is 3.90. The van der Waals surface area contributed by atoms with Gasteiger partial charge < -0.3 is 14.6 Å². The predicted molar refractivity (Wildman–Crippen MR) is 79.6 cm³/mol. The number of carbonyl (C=O) groups is 4. The molecule has 0 spiro atoms. The number of ketones is 1. The van der Waals surface area contributed by atoms with Crippen LogP contribution in [-0.2, 0) is 28.7 Å². The van der Waals surface area contributed by atoms with Gasteiger partial charge in [0.05, 0.1) is 5.92 Å². The SMILES string of the molecule is CC1=C2C(=O)C=C(COC(=O)C(=O)O)C2C2OC(=O)C(C)C2CC1. The molecule has 1 fully saturated rings. The molecule has 0 saturated carbocycles. The second-order valence-corrected chi connectivity index (χ2v) is 6.53. The summed E-state index contributed by atoms with van der Waals surface area (Å²) in [6, 6.07) is 0. The van der Waals surface area contributed by atoms with Crippen LogP contribution in [0.3, 0.4) is 0 Å². The minimum absolute atomic E-state index is 0.0144. The van der Waals surface area contributed by atoms with Crippen molar-refractivity contribution in [1.29, 1.82) is 0 Å². The first-order valence-corrected chi connectivity index (χ1v) is 7.86. The van der Waals surface area contributed by atoms with Crippen molar-refractivity contribution in [2.45, 2.75) is 32.8 Å². The van der Waals surface area contributed by atoms with Gasteiger partial charge in [0, 0.05) is 17.4 Å². The van der Waals surface area contributed by atoms with Crippen LogP contribution in [0.15, 0.2) is 22.8 Å². The Morgan fingerprint density at radius 2 is 2.08 bits per heavy atom. The van der Waals surface area contributed by atoms with E-state index in [9.17, 15) is 19.2 Å². The first kappa shape index (κ1) is 16.4. The number of ether oxygens (including phenoxy) is 2. The molecule has 128 valence electrons. The lowest BCUT2D eigenvalue weighted by Gasteiger charge is -2.25. The summed E-state index contributed by atoms with van der Waals surface area (Å²) in [5.41, 5.74) is 2.02. The molecule has 7 nitrogen and oxygen atoms in total. The third-order valence-corrected chi connectivity index (χ3v) is 5.17. The van der Waals surface area contributed by atoms with Crippen LogP contribution in [-0.4, -0.2) is 41.5 Å². The second kappa shape index (κ2) is 5.89. The van der Waals surface area contributed by atoms with E-state index in [-0.39, 0.29) is 30.2 Å². The number of esters is 2. The van der Waals surface area contributed by atoms with E-state index >= 15 is 0 Å². The molecule has 4 unspecified atom stereocenters. The van der Waals surface area contributed by atoms with Crippen molar-refractivity contribution < 1.29 is 33.8 Å². The van der Waals surface area contributed by atoms with Crippen molar-refractivity contribution in [1.82, 2.24) is 0 Å². The number of carboxylic acid groups (broad SMARTS) is 1. The van der Waals surface area contributed by atoms with Crippen molar-refractivity contribution in [2.24, 2.45) is 17.8 Å². The fraction of sp³-hybridized carbons (Fsp3) is 0.529. The molecule has 0 aromatic rings. The van der Waals surface area contributed by atoms with E-state index in [1.54, 1.807) is 0 Å². The molecule has 1 saturated heterocycles. The maximum Gasteiger partial charge on any atom is 0.417 e. The van der Waals surface area contributed by atoms with Crippen LogP contribution in [0.4, 0.5) is 0 Å². The first-order valence-electron chi connectivity index (χ1n) is 7.86. The van der Waals surface area contributed by atoms with Crippen LogP contribution in [0.1, 0.15) is 26.7 Å². The Hall–Kier alpha value is -2.44. The van der Waals surface area contributed by atoms with Crippen LogP contribution in [0.2, 0.25) is 0 Å². The molecule has 0 aromatic carbocycles. The van der Waals surface area contributed by atoms with Gasteiger partial charge in [-0.15, -0.1) is 0 Å². The summed E-state index contributed by atoms with van der Waals surface area (Å²) in [6.07, 6.45) is 2.35. The zero-order valence-electron chi connectivity index (χ0n) is 13.4. The highest BCUT2D eigenvalue weighted by molar-refractivity contribution is 6.28. The van der Waals surface area contributed by atoms with Gasteiger partial charge in [-0.25, -0.2) is 9.59 Å². The maximum absolute atomic E-state index is 12.4. The lowest BCUT2D eigenvalue weighted by atomic mass is 9.81. The Bertz CT molecular complexity index is 700. The molecule has 0 amide bonds. The Labute approximate surface area is 138 Å². The lowest BCUT2D eigenvalue weighted by molar-refractivity contribution is -0.163. The van der Waals surface area contributed by atoms with Gasteiger partial charge in [-0.2, -0.15) is 0 Å². The highest BCUT2D eigenvalue weighted by atomic mass is 16.6. The molecule has 0 aromatic heterocycles. The van der Waals surface area contributed by atoms with Crippen LogP contribution in [0.5, 0.6) is 0 Å². The quantitative estimate of drug-likeness (QED) is 0.593. The number of hydrogen-bond acceptors (Lipinski definition) is 6. The zero-order valence-corrected chi connectivity index (χ0v) is 13.4. The number of carbonyl (C=O) groups excluding carboxylic acids is 3. The third kappa shape index (κ3) is 2.53. The van der Waals surface area contributed by atoms with Crippen molar-refractivity contribution in [2.75, 3.05) is 6.61 Å². The fourth-order valence-corrected chi connectivity index (χ4v) is 3.90. The molecule has 1 N–H and O–H groups in total. The molecule has 0 bridgehead atoms. The smallest absolute Gasteiger partial charge is 0.417 e. The molecule has 3 rings (SSSR count). The van der Waals surface area contributed by atoms with E-state index < -0.39 is 24.0 Å². The second-order valence-electron chi connectivity index (χ2n) is 6.53. The van der Waals surface area contributed by atoms with Gasteiger partial charge in [0.15, 0.2) is 5.78 Å². The van der Waals surface area contributed by atoms with Gasteiger partial charge in [-0.1, -0.05) is 12.5 Å². The van der Waals surface area contributed by atoms with Gasteiger partial charge >= 0.3 is 17.9 Å². The molecule has 0 radical (unpaired) electrons. The highest BCUT2D eigenvalue weighted by Gasteiger charge is 2.51. The lowest BCUT2D eigenvalue weighted by Crippen LogP contribution is -2.30. The Morgan fingerprint density at radius 3 is 2.75 bits per heavy atom. The standard InChI is InChI=1S/C17H18O7/c1-7-3-4-10-8(2)16(21)24-14(10)13-9(5-11(18)12(7)13)6-23-17(22)15(19)20/h5,8,10,13-14H,3-4,6H2,1-2H3,(H,19,20). The number of carboxylic acids is 1. The zero-order chi connectivity index (χ0) is 17.6. The van der Waals surface area contributed by atoms with Crippen LogP contribution in [0.25, 0.3) is 0 Å². The third-order valence-electron chi connectivity index (χ3n) is 5.17. The Kier molecular flexibility index (Phi) is 4.03. The molecule has 4 atom stereocenters. The van der Waals surface area contributed by atoms with Crippen LogP contribution < -0.4 is 0 Å². The van der Waals surface area contributed by atoms with Gasteiger partial charge in [0.1, 0.15) is 12.7 Å². The summed E-state index contributed by atoms with van der Waals surface area (Å²) >= 11 is 0. The predicted octanol–water partition coefficient (Wildman–Crippen LogP) is 1.03. The maximum atomic E-state index is 12.4. The molecular weight excluding hydrogens is 316 g/mol. The normalized spacial score (nSPS) is 31.8. The van der Waals surface area contributed by atoms with Gasteiger partial charge in [-0.3, -0.25) is 9.59 Å². The highest BCUT2D eigenvalue weighted by Crippen LogP contribution is 2.47. The Morgan fingerprint density at radius 1 is 1.38 bits per heavy atom. The van der Waals surface area contributed by atoms with E-state index in [1.165, 1.54) is 6.08 Å². The minimum Gasteiger partial charge on any atom is -0.473 e. The number of aliphatic carboxylic acids is 1. The van der Waals surface area contributed by atoms with Crippen molar-refractivity contribution >= 4 is 23.7 Å². The molecule has 1 aliphatic heterocycles. The van der Waals surface area contributed by atoms with Crippen LogP contribution in [0, 0.1) is 17.8 Å². The van der Waals surface area contributed by atoms with Crippen molar-refractivity contribution in [3.8, 4) is 0 Å². The van der Waals surface area contributed by atoms with E-state index in [0.717, 1.165) is 12.0 Å². The van der Waals surface area contributed by atoms with Crippen molar-refractivity contribution in [3.05, 3.63) is 22.8 Å². The number of hydrogen-bond donors (Lipinski definition) is 1. The van der Waals surface area contributed by atoms with E-state index in [0.29, 0.717) is 17.6 Å². The molecule has 7 heteroatoms. The summed E-state index contributed by atoms with van der Waals surface area (Å²) in [6.45, 7) is 3.40. The van der Waals surface area contributed by atoms with E-state index in [4.69, 9.17) is 14.6 Å². The average Bonchev–Trinajstić information content (AvgIpc) is 2.94. The summed E-state index contributed by atoms with van der Waals surface area (Å²) in [5.74, 6) is -4.26. The molecule has 3 aliphatic rings. The number of rotatable bonds is 2. The topological polar surface area (TPSA) is 107 Å². The molecule has 24 heavy (non-hydrogen) atoms. The van der Waals surface area contributed by atoms with E-state index in [2.05, 4.69) is 0 Å². The van der Waals surface area contributed by atoms with Gasteiger partial charge in [-0.05, 0) is 31.4 Å². The minimum atomic E-state index is -1.69. The molecule has 1 heterocycles. The first-order chi connectivity index (χ1) is 11.3. The van der Waals surface area contributed by atoms with Gasteiger partial charge in [0.25, 0.3) is 0 Å². The van der Waals surface area contributed by atoms with Crippen LogP contribution >= 0.6 is 0 Å². The molecule has 2 aliphatic carbocycles. The summed E-state index contributed by atoms with van der Waals surface area (Å²) in [7, 11) is 0. The summed E-state index contributed by atoms with van der Waals surface area (Å²) < 4.78 is 10.3. The number of fused-ring (bicyclic) bond motifs is 3. The number of allylic oxidation sites excluding steroid dienone is 2. The van der Waals surface area contributed by atoms with Gasteiger partial charge in [0.2, 0.25) is 0 Å². The molecular formula is C17H18O7. The summed E-state index contributed by atoms with van der Waals surface area (Å²) in [4.78, 5) is 46.1. The monoisotopic (exact) mass is 334 g/mol. The van der Waals surface area contributed by atoms with E-state index in [1.807, 2.05) is 13.8 Å². The largest absolute Gasteiger partial charge is 0.473 e. The van der Waals surface area contributed by atoms with Crippen molar-refractivity contribution in [3.63, 3.8) is 0 Å². The Balaban J connectivity index is 1.91. The average molecular weight is 334 g/mol.